The Kier molecular flexibility index (Phi) is 3.73. The summed E-state index contributed by atoms with van der Waals surface area (Å²) in [4.78, 5) is 7.02. The van der Waals surface area contributed by atoms with E-state index in [0.717, 1.165) is 12.1 Å². The van der Waals surface area contributed by atoms with E-state index in [0.29, 0.717) is 6.04 Å². The molecule has 3 unspecified atom stereocenters. The van der Waals surface area contributed by atoms with E-state index in [1.165, 1.54) is 43.8 Å². The van der Waals surface area contributed by atoms with Crippen LogP contribution in [0.25, 0.3) is 0 Å². The minimum atomic E-state index is 0.595. The largest absolute Gasteiger partial charge is 0.298 e. The van der Waals surface area contributed by atoms with Gasteiger partial charge >= 0.3 is 0 Å². The average Bonchev–Trinajstić information content (AvgIpc) is 3.06. The van der Waals surface area contributed by atoms with Crippen LogP contribution < -0.4 is 0 Å². The Bertz CT molecular complexity index is 376. The zero-order valence-electron chi connectivity index (χ0n) is 11.5. The molecular weight excluding hydrogens is 240 g/mol. The van der Waals surface area contributed by atoms with Crippen LogP contribution in [0.1, 0.15) is 44.0 Å². The maximum absolute atomic E-state index is 2.76. The van der Waals surface area contributed by atoms with Crippen molar-refractivity contribution in [1.29, 1.82) is 0 Å². The first-order valence-corrected chi connectivity index (χ1v) is 8.20. The number of rotatable bonds is 3. The summed E-state index contributed by atoms with van der Waals surface area (Å²) in [5, 5.41) is 2.21. The van der Waals surface area contributed by atoms with Gasteiger partial charge in [0, 0.05) is 36.1 Å². The molecule has 0 saturated carbocycles. The van der Waals surface area contributed by atoms with Crippen LogP contribution in [0, 0.1) is 0 Å². The third kappa shape index (κ3) is 2.24. The molecule has 3 atom stereocenters. The van der Waals surface area contributed by atoms with E-state index in [-0.39, 0.29) is 0 Å². The highest BCUT2D eigenvalue weighted by molar-refractivity contribution is 7.10. The first-order chi connectivity index (χ1) is 8.79. The molecule has 0 radical (unpaired) electrons. The van der Waals surface area contributed by atoms with Gasteiger partial charge in [-0.2, -0.15) is 0 Å². The molecule has 3 heterocycles. The molecule has 3 heteroatoms. The fourth-order valence-electron chi connectivity index (χ4n) is 3.64. The van der Waals surface area contributed by atoms with Crippen molar-refractivity contribution < 1.29 is 0 Å². The summed E-state index contributed by atoms with van der Waals surface area (Å²) in [5.74, 6) is 0. The van der Waals surface area contributed by atoms with E-state index >= 15 is 0 Å². The number of piperazine rings is 1. The van der Waals surface area contributed by atoms with Crippen molar-refractivity contribution in [3.63, 3.8) is 0 Å². The normalized spacial score (nSPS) is 31.4. The lowest BCUT2D eigenvalue weighted by Gasteiger charge is -2.46. The number of thiophene rings is 1. The molecule has 2 aliphatic heterocycles. The van der Waals surface area contributed by atoms with Crippen molar-refractivity contribution in [3.05, 3.63) is 22.4 Å². The van der Waals surface area contributed by atoms with Crippen LogP contribution in [0.5, 0.6) is 0 Å². The fraction of sp³-hybridized carbons (Fsp3) is 0.733. The van der Waals surface area contributed by atoms with Crippen molar-refractivity contribution in [2.75, 3.05) is 19.6 Å². The van der Waals surface area contributed by atoms with Gasteiger partial charge in [0.05, 0.1) is 0 Å². The number of fused-ring (bicyclic) bond motifs is 1. The Labute approximate surface area is 115 Å². The Morgan fingerprint density at radius 3 is 3.06 bits per heavy atom. The van der Waals surface area contributed by atoms with Crippen LogP contribution >= 0.6 is 11.3 Å². The highest BCUT2D eigenvalue weighted by Gasteiger charge is 2.37. The first-order valence-electron chi connectivity index (χ1n) is 7.32. The fourth-order valence-corrected chi connectivity index (χ4v) is 4.44. The Morgan fingerprint density at radius 2 is 2.33 bits per heavy atom. The summed E-state index contributed by atoms with van der Waals surface area (Å²) in [6.45, 7) is 8.63. The summed E-state index contributed by atoms with van der Waals surface area (Å²) < 4.78 is 0. The van der Waals surface area contributed by atoms with E-state index in [9.17, 15) is 0 Å². The predicted molar refractivity (Wildman–Crippen MR) is 78.1 cm³/mol. The number of nitrogens with zero attached hydrogens (tertiary/aromatic N) is 2. The molecule has 2 fully saturated rings. The molecular formula is C15H24N2S. The topological polar surface area (TPSA) is 6.48 Å². The van der Waals surface area contributed by atoms with Crippen LogP contribution in [-0.2, 0) is 0 Å². The van der Waals surface area contributed by atoms with Gasteiger partial charge in [-0.05, 0) is 44.2 Å². The number of hydrogen-bond donors (Lipinski definition) is 0. The van der Waals surface area contributed by atoms with E-state index in [1.807, 2.05) is 11.3 Å². The standard InChI is InChI=1S/C15H24N2S/c1-3-13-10-16-8-4-6-14(16)11-17(13)12(2)15-7-5-9-18-15/h5,7,9,12-14H,3-4,6,8,10-11H2,1-2H3. The van der Waals surface area contributed by atoms with Gasteiger partial charge in [-0.1, -0.05) is 13.0 Å². The van der Waals surface area contributed by atoms with Gasteiger partial charge in [0.15, 0.2) is 0 Å². The zero-order valence-corrected chi connectivity index (χ0v) is 12.3. The monoisotopic (exact) mass is 264 g/mol. The van der Waals surface area contributed by atoms with Crippen molar-refractivity contribution in [2.24, 2.45) is 0 Å². The third-order valence-electron chi connectivity index (χ3n) is 4.76. The Balaban J connectivity index is 1.76. The smallest absolute Gasteiger partial charge is 0.0417 e. The molecule has 0 aliphatic carbocycles. The third-order valence-corrected chi connectivity index (χ3v) is 5.80. The summed E-state index contributed by atoms with van der Waals surface area (Å²) in [5.41, 5.74) is 0. The van der Waals surface area contributed by atoms with Crippen LogP contribution in [0.15, 0.2) is 17.5 Å². The minimum absolute atomic E-state index is 0.595. The summed E-state index contributed by atoms with van der Waals surface area (Å²) >= 11 is 1.91. The first kappa shape index (κ1) is 12.6. The lowest BCUT2D eigenvalue weighted by molar-refractivity contribution is 0.0237. The molecule has 100 valence electrons. The SMILES string of the molecule is CCC1CN2CCCC2CN1C(C)c1cccs1. The van der Waals surface area contributed by atoms with E-state index in [4.69, 9.17) is 0 Å². The van der Waals surface area contributed by atoms with Crippen LogP contribution in [0.3, 0.4) is 0 Å². The molecule has 2 aliphatic rings. The van der Waals surface area contributed by atoms with Gasteiger partial charge in [0.25, 0.3) is 0 Å². The van der Waals surface area contributed by atoms with E-state index in [2.05, 4.69) is 41.2 Å². The molecule has 3 rings (SSSR count). The molecule has 0 spiro atoms. The second kappa shape index (κ2) is 5.32. The average molecular weight is 264 g/mol. The second-order valence-electron chi connectivity index (χ2n) is 5.74. The van der Waals surface area contributed by atoms with Gasteiger partial charge in [-0.15, -0.1) is 11.3 Å². The van der Waals surface area contributed by atoms with E-state index < -0.39 is 0 Å². The maximum Gasteiger partial charge on any atom is 0.0417 e. The van der Waals surface area contributed by atoms with Crippen molar-refractivity contribution in [3.8, 4) is 0 Å². The highest BCUT2D eigenvalue weighted by atomic mass is 32.1. The molecule has 0 N–H and O–H groups in total. The molecule has 1 aromatic heterocycles. The van der Waals surface area contributed by atoms with Crippen molar-refractivity contribution in [2.45, 2.75) is 51.2 Å². The molecule has 1 aromatic rings. The molecule has 0 aromatic carbocycles. The summed E-state index contributed by atoms with van der Waals surface area (Å²) in [7, 11) is 0. The van der Waals surface area contributed by atoms with Crippen LogP contribution in [-0.4, -0.2) is 41.5 Å². The molecule has 2 saturated heterocycles. The molecule has 2 nitrogen and oxygen atoms in total. The minimum Gasteiger partial charge on any atom is -0.298 e. The summed E-state index contributed by atoms with van der Waals surface area (Å²) in [6, 6.07) is 6.65. The highest BCUT2D eigenvalue weighted by Crippen LogP contribution is 2.33. The quantitative estimate of drug-likeness (QED) is 0.826. The number of hydrogen-bond acceptors (Lipinski definition) is 3. The summed E-state index contributed by atoms with van der Waals surface area (Å²) in [6.07, 6.45) is 4.09. The molecule has 0 amide bonds. The lowest BCUT2D eigenvalue weighted by Crippen LogP contribution is -2.56. The van der Waals surface area contributed by atoms with Crippen molar-refractivity contribution >= 4 is 11.3 Å². The second-order valence-corrected chi connectivity index (χ2v) is 6.72. The van der Waals surface area contributed by atoms with Crippen LogP contribution in [0.2, 0.25) is 0 Å². The van der Waals surface area contributed by atoms with Crippen LogP contribution in [0.4, 0.5) is 0 Å². The Morgan fingerprint density at radius 1 is 1.44 bits per heavy atom. The zero-order chi connectivity index (χ0) is 12.5. The molecule has 18 heavy (non-hydrogen) atoms. The van der Waals surface area contributed by atoms with Gasteiger partial charge in [0.1, 0.15) is 0 Å². The Hall–Kier alpha value is -0.380. The van der Waals surface area contributed by atoms with Gasteiger partial charge in [0.2, 0.25) is 0 Å². The van der Waals surface area contributed by atoms with Crippen molar-refractivity contribution in [1.82, 2.24) is 9.80 Å². The van der Waals surface area contributed by atoms with Gasteiger partial charge in [-0.25, -0.2) is 0 Å². The molecule has 0 bridgehead atoms. The van der Waals surface area contributed by atoms with Gasteiger partial charge < -0.3 is 0 Å². The maximum atomic E-state index is 2.76. The lowest BCUT2D eigenvalue weighted by atomic mass is 10.0. The van der Waals surface area contributed by atoms with Gasteiger partial charge in [-0.3, -0.25) is 9.80 Å². The van der Waals surface area contributed by atoms with E-state index in [1.54, 1.807) is 0 Å². The predicted octanol–water partition coefficient (Wildman–Crippen LogP) is 3.37.